The maximum absolute atomic E-state index is 4.77. The molecule has 0 N–H and O–H groups in total. The van der Waals surface area contributed by atoms with E-state index in [9.17, 15) is 0 Å². The molecule has 1 aliphatic heterocycles. The summed E-state index contributed by atoms with van der Waals surface area (Å²) in [5.74, 6) is 0. The standard InChI is InChI=1S/C21H28N3/c1-16-11-13-17(14-12-16)23(4)22-15-20-21(2,3)18-9-7-8-10-19(18)24(20,5)6/h7-15,20H,1-6H3/q+1. The van der Waals surface area contributed by atoms with Gasteiger partial charge >= 0.3 is 0 Å². The van der Waals surface area contributed by atoms with Crippen LogP contribution in [-0.4, -0.2) is 33.4 Å². The predicted octanol–water partition coefficient (Wildman–Crippen LogP) is 4.34. The molecule has 0 aliphatic carbocycles. The van der Waals surface area contributed by atoms with Gasteiger partial charge in [0.1, 0.15) is 11.7 Å². The molecule has 2 aromatic carbocycles. The fourth-order valence-corrected chi connectivity index (χ4v) is 3.98. The Bertz CT molecular complexity index is 722. The van der Waals surface area contributed by atoms with Gasteiger partial charge in [-0.3, -0.25) is 9.49 Å². The summed E-state index contributed by atoms with van der Waals surface area (Å²) in [6.45, 7) is 6.74. The average Bonchev–Trinajstić information content (AvgIpc) is 2.69. The number of aryl methyl sites for hydroxylation is 1. The highest BCUT2D eigenvalue weighted by Gasteiger charge is 2.52. The largest absolute Gasteiger partial charge is 0.288 e. The maximum atomic E-state index is 4.77. The Kier molecular flexibility index (Phi) is 4.00. The van der Waals surface area contributed by atoms with Crippen LogP contribution in [0.5, 0.6) is 0 Å². The first-order chi connectivity index (χ1) is 11.2. The summed E-state index contributed by atoms with van der Waals surface area (Å²) in [5.41, 5.74) is 5.23. The molecule has 2 aromatic rings. The number of hydrogen-bond donors (Lipinski definition) is 0. The minimum atomic E-state index is 0.0533. The summed E-state index contributed by atoms with van der Waals surface area (Å²) in [4.78, 5) is 0. The van der Waals surface area contributed by atoms with Crippen LogP contribution in [0, 0.1) is 6.92 Å². The highest BCUT2D eigenvalue weighted by atomic mass is 15.4. The molecule has 24 heavy (non-hydrogen) atoms. The fourth-order valence-electron chi connectivity index (χ4n) is 3.98. The summed E-state index contributed by atoms with van der Waals surface area (Å²) < 4.78 is 0.828. The molecule has 0 amide bonds. The third kappa shape index (κ3) is 2.63. The van der Waals surface area contributed by atoms with E-state index in [4.69, 9.17) is 5.10 Å². The Morgan fingerprint density at radius 2 is 1.67 bits per heavy atom. The third-order valence-electron chi connectivity index (χ3n) is 5.44. The molecule has 3 rings (SSSR count). The van der Waals surface area contributed by atoms with Crippen LogP contribution in [0.1, 0.15) is 25.0 Å². The van der Waals surface area contributed by atoms with Crippen LogP contribution in [0.2, 0.25) is 0 Å². The quantitative estimate of drug-likeness (QED) is 0.466. The highest BCUT2D eigenvalue weighted by Crippen LogP contribution is 2.47. The van der Waals surface area contributed by atoms with E-state index >= 15 is 0 Å². The van der Waals surface area contributed by atoms with Gasteiger partial charge in [0, 0.05) is 12.6 Å². The Morgan fingerprint density at radius 1 is 1.04 bits per heavy atom. The summed E-state index contributed by atoms with van der Waals surface area (Å²) >= 11 is 0. The van der Waals surface area contributed by atoms with E-state index in [0.717, 1.165) is 10.2 Å². The van der Waals surface area contributed by atoms with Crippen molar-refractivity contribution in [3.63, 3.8) is 0 Å². The van der Waals surface area contributed by atoms with Gasteiger partial charge in [-0.1, -0.05) is 35.9 Å². The van der Waals surface area contributed by atoms with E-state index in [0.29, 0.717) is 6.04 Å². The average molecular weight is 322 g/mol. The smallest absolute Gasteiger partial charge is 0.140 e. The summed E-state index contributed by atoms with van der Waals surface area (Å²) in [5, 5.41) is 6.73. The van der Waals surface area contributed by atoms with Gasteiger partial charge in [-0.25, -0.2) is 0 Å². The molecule has 1 atom stereocenters. The number of benzene rings is 2. The number of para-hydroxylation sites is 1. The van der Waals surface area contributed by atoms with Crippen LogP contribution >= 0.6 is 0 Å². The number of likely N-dealkylation sites (N-methyl/N-ethyl adjacent to an activating group) is 1. The first-order valence-electron chi connectivity index (χ1n) is 8.53. The summed E-state index contributed by atoms with van der Waals surface area (Å²) in [6, 6.07) is 17.5. The topological polar surface area (TPSA) is 15.6 Å². The van der Waals surface area contributed by atoms with Crippen molar-refractivity contribution in [1.29, 1.82) is 0 Å². The molecule has 3 nitrogen and oxygen atoms in total. The Balaban J connectivity index is 1.91. The predicted molar refractivity (Wildman–Crippen MR) is 105 cm³/mol. The molecular formula is C21H28N3+. The van der Waals surface area contributed by atoms with E-state index in [1.54, 1.807) is 0 Å². The van der Waals surface area contributed by atoms with E-state index in [1.807, 2.05) is 12.1 Å². The van der Waals surface area contributed by atoms with Crippen LogP contribution in [0.4, 0.5) is 11.4 Å². The van der Waals surface area contributed by atoms with Crippen LogP contribution in [-0.2, 0) is 5.41 Å². The number of hydrogen-bond acceptors (Lipinski definition) is 2. The van der Waals surface area contributed by atoms with Gasteiger partial charge in [0.05, 0.1) is 31.4 Å². The van der Waals surface area contributed by atoms with Crippen molar-refractivity contribution in [2.45, 2.75) is 32.2 Å². The van der Waals surface area contributed by atoms with Crippen molar-refractivity contribution in [3.8, 4) is 0 Å². The lowest BCUT2D eigenvalue weighted by molar-refractivity contribution is 0.307. The molecule has 1 heterocycles. The zero-order chi connectivity index (χ0) is 17.5. The van der Waals surface area contributed by atoms with Crippen molar-refractivity contribution in [2.75, 3.05) is 26.2 Å². The van der Waals surface area contributed by atoms with Gasteiger partial charge < -0.3 is 0 Å². The van der Waals surface area contributed by atoms with Gasteiger partial charge in [-0.2, -0.15) is 5.10 Å². The number of quaternary nitrogens is 1. The molecule has 0 spiro atoms. The van der Waals surface area contributed by atoms with Crippen LogP contribution in [0.3, 0.4) is 0 Å². The van der Waals surface area contributed by atoms with Crippen LogP contribution < -0.4 is 9.49 Å². The molecule has 0 bridgehead atoms. The Hall–Kier alpha value is -2.13. The second kappa shape index (κ2) is 5.75. The molecular weight excluding hydrogens is 294 g/mol. The normalized spacial score (nSPS) is 21.0. The fraction of sp³-hybridized carbons (Fsp3) is 0.381. The first kappa shape index (κ1) is 16.7. The number of nitrogens with zero attached hydrogens (tertiary/aromatic N) is 3. The monoisotopic (exact) mass is 322 g/mol. The molecule has 0 aromatic heterocycles. The number of hydrazone groups is 1. The highest BCUT2D eigenvalue weighted by molar-refractivity contribution is 5.78. The molecule has 0 fully saturated rings. The van der Waals surface area contributed by atoms with Crippen molar-refractivity contribution in [2.24, 2.45) is 5.10 Å². The number of rotatable bonds is 3. The van der Waals surface area contributed by atoms with Crippen LogP contribution in [0.15, 0.2) is 53.6 Å². The van der Waals surface area contributed by atoms with Crippen molar-refractivity contribution < 1.29 is 0 Å². The molecule has 1 unspecified atom stereocenters. The van der Waals surface area contributed by atoms with Gasteiger partial charge in [0.25, 0.3) is 0 Å². The van der Waals surface area contributed by atoms with E-state index in [2.05, 4.69) is 89.6 Å². The third-order valence-corrected chi connectivity index (χ3v) is 5.44. The maximum Gasteiger partial charge on any atom is 0.140 e. The van der Waals surface area contributed by atoms with Crippen molar-refractivity contribution >= 4 is 17.6 Å². The second-order valence-electron chi connectivity index (χ2n) is 7.85. The van der Waals surface area contributed by atoms with Crippen molar-refractivity contribution in [3.05, 3.63) is 59.7 Å². The van der Waals surface area contributed by atoms with Gasteiger partial charge in [-0.15, -0.1) is 0 Å². The van der Waals surface area contributed by atoms with Crippen LogP contribution in [0.25, 0.3) is 0 Å². The lowest BCUT2D eigenvalue weighted by atomic mass is 9.81. The Morgan fingerprint density at radius 3 is 2.29 bits per heavy atom. The molecule has 1 aliphatic rings. The number of anilines is 1. The zero-order valence-corrected chi connectivity index (χ0v) is 15.6. The van der Waals surface area contributed by atoms with E-state index in [1.165, 1.54) is 16.8 Å². The molecule has 3 heteroatoms. The lowest BCUT2D eigenvalue weighted by Gasteiger charge is -2.34. The minimum absolute atomic E-state index is 0.0533. The van der Waals surface area contributed by atoms with E-state index in [-0.39, 0.29) is 5.41 Å². The summed E-state index contributed by atoms with van der Waals surface area (Å²) in [7, 11) is 6.56. The minimum Gasteiger partial charge on any atom is -0.288 e. The summed E-state index contributed by atoms with van der Waals surface area (Å²) in [6.07, 6.45) is 2.12. The molecule has 0 saturated heterocycles. The van der Waals surface area contributed by atoms with Gasteiger partial charge in [-0.05, 0) is 39.0 Å². The zero-order valence-electron chi connectivity index (χ0n) is 15.6. The number of fused-ring (bicyclic) bond motifs is 1. The molecule has 126 valence electrons. The SMILES string of the molecule is Cc1ccc(N(C)N=CC2C(C)(C)c3ccccc3[N+]2(C)C)cc1. The molecule has 0 saturated carbocycles. The molecule has 0 radical (unpaired) electrons. The first-order valence-corrected chi connectivity index (χ1v) is 8.53. The van der Waals surface area contributed by atoms with Gasteiger partial charge in [0.2, 0.25) is 0 Å². The van der Waals surface area contributed by atoms with E-state index < -0.39 is 0 Å². The lowest BCUT2D eigenvalue weighted by Crippen LogP contribution is -2.53. The van der Waals surface area contributed by atoms with Crippen molar-refractivity contribution in [1.82, 2.24) is 4.48 Å². The van der Waals surface area contributed by atoms with Gasteiger partial charge in [0.15, 0.2) is 0 Å². The Labute approximate surface area is 145 Å². The second-order valence-corrected chi connectivity index (χ2v) is 7.85.